The monoisotopic (exact) mass is 312 g/mol. The van der Waals surface area contributed by atoms with E-state index in [1.54, 1.807) is 0 Å². The maximum Gasteiger partial charge on any atom is 0.305 e. The van der Waals surface area contributed by atoms with E-state index in [0.717, 1.165) is 44.9 Å². The lowest BCUT2D eigenvalue weighted by Gasteiger charge is -2.04. The summed E-state index contributed by atoms with van der Waals surface area (Å²) in [7, 11) is 1.38. The van der Waals surface area contributed by atoms with Gasteiger partial charge in [0, 0.05) is 19.3 Å². The number of esters is 1. The van der Waals surface area contributed by atoms with Gasteiger partial charge in [-0.1, -0.05) is 38.3 Å². The highest BCUT2D eigenvalue weighted by Gasteiger charge is 2.04. The molecule has 4 nitrogen and oxygen atoms in total. The molecule has 0 aromatic heterocycles. The first kappa shape index (κ1) is 20.8. The molecular formula is C18H32O4. The molecule has 0 saturated heterocycles. The molecule has 0 aliphatic rings. The van der Waals surface area contributed by atoms with Gasteiger partial charge in [-0.3, -0.25) is 9.59 Å². The molecule has 0 unspecified atom stereocenters. The molecule has 22 heavy (non-hydrogen) atoms. The highest BCUT2D eigenvalue weighted by molar-refractivity contribution is 5.78. The van der Waals surface area contributed by atoms with E-state index in [0.29, 0.717) is 25.7 Å². The average Bonchev–Trinajstić information content (AvgIpc) is 2.51. The summed E-state index contributed by atoms with van der Waals surface area (Å²) in [6.07, 6.45) is 12.3. The number of carbonyl (C=O) groups is 2. The molecule has 0 bridgehead atoms. The summed E-state index contributed by atoms with van der Waals surface area (Å²) >= 11 is 0. The summed E-state index contributed by atoms with van der Waals surface area (Å²) < 4.78 is 4.55. The minimum atomic E-state index is -0.347. The number of rotatable bonds is 14. The van der Waals surface area contributed by atoms with Crippen molar-refractivity contribution in [2.24, 2.45) is 0 Å². The largest absolute Gasteiger partial charge is 0.469 e. The highest BCUT2D eigenvalue weighted by Crippen LogP contribution is 2.08. The van der Waals surface area contributed by atoms with Crippen LogP contribution >= 0.6 is 0 Å². The molecule has 0 spiro atoms. The van der Waals surface area contributed by atoms with Crippen LogP contribution in [0.4, 0.5) is 0 Å². The van der Waals surface area contributed by atoms with Gasteiger partial charge in [-0.25, -0.2) is 0 Å². The zero-order valence-electron chi connectivity index (χ0n) is 14.2. The second kappa shape index (κ2) is 14.8. The van der Waals surface area contributed by atoms with Crippen molar-refractivity contribution >= 4 is 11.8 Å². The third-order valence-corrected chi connectivity index (χ3v) is 3.60. The quantitative estimate of drug-likeness (QED) is 0.299. The number of unbranched alkanes of at least 4 members (excludes halogenated alkanes) is 4. The van der Waals surface area contributed by atoms with E-state index >= 15 is 0 Å². The van der Waals surface area contributed by atoms with Crippen molar-refractivity contribution in [3.8, 4) is 0 Å². The molecule has 0 aromatic rings. The van der Waals surface area contributed by atoms with E-state index in [9.17, 15) is 14.7 Å². The van der Waals surface area contributed by atoms with Crippen molar-refractivity contribution in [2.75, 3.05) is 7.11 Å². The Morgan fingerprint density at radius 3 is 2.41 bits per heavy atom. The van der Waals surface area contributed by atoms with E-state index in [1.165, 1.54) is 7.11 Å². The SMILES string of the molecule is CCCCC[C@H](O)/C=C\CCCC(=O)CCCCC(=O)OC. The van der Waals surface area contributed by atoms with Crippen LogP contribution in [0, 0.1) is 0 Å². The van der Waals surface area contributed by atoms with Gasteiger partial charge in [0.2, 0.25) is 0 Å². The minimum Gasteiger partial charge on any atom is -0.469 e. The summed E-state index contributed by atoms with van der Waals surface area (Å²) in [4.78, 5) is 22.5. The first-order chi connectivity index (χ1) is 10.6. The predicted octanol–water partition coefficient (Wildman–Crippen LogP) is 3.96. The summed E-state index contributed by atoms with van der Waals surface area (Å²) in [5, 5.41) is 9.70. The lowest BCUT2D eigenvalue weighted by Crippen LogP contribution is -2.02. The van der Waals surface area contributed by atoms with Crippen LogP contribution in [0.2, 0.25) is 0 Å². The molecule has 1 atom stereocenters. The molecule has 0 fully saturated rings. The van der Waals surface area contributed by atoms with Crippen molar-refractivity contribution in [1.82, 2.24) is 0 Å². The van der Waals surface area contributed by atoms with Crippen LogP contribution < -0.4 is 0 Å². The standard InChI is InChI=1S/C18H32O4/c1-3-4-6-11-16(19)12-7-5-8-13-17(20)14-9-10-15-18(21)22-2/h7,12,16,19H,3-6,8-11,13-15H2,1-2H3/b12-7-/t16-/m0/s1. The topological polar surface area (TPSA) is 63.6 Å². The molecule has 1 N–H and O–H groups in total. The van der Waals surface area contributed by atoms with E-state index in [-0.39, 0.29) is 17.9 Å². The first-order valence-electron chi connectivity index (χ1n) is 8.53. The molecule has 0 aliphatic carbocycles. The Labute approximate surface area is 134 Å². The van der Waals surface area contributed by atoms with Gasteiger partial charge >= 0.3 is 5.97 Å². The molecular weight excluding hydrogens is 280 g/mol. The van der Waals surface area contributed by atoms with Crippen LogP contribution in [-0.2, 0) is 14.3 Å². The number of ketones is 1. The maximum absolute atomic E-state index is 11.6. The Balaban J connectivity index is 3.49. The maximum atomic E-state index is 11.6. The van der Waals surface area contributed by atoms with Gasteiger partial charge in [-0.05, 0) is 32.1 Å². The van der Waals surface area contributed by atoms with Crippen molar-refractivity contribution in [3.05, 3.63) is 12.2 Å². The molecule has 0 radical (unpaired) electrons. The van der Waals surface area contributed by atoms with Gasteiger partial charge in [-0.2, -0.15) is 0 Å². The summed E-state index contributed by atoms with van der Waals surface area (Å²) in [6, 6.07) is 0. The van der Waals surface area contributed by atoms with Crippen LogP contribution in [0.25, 0.3) is 0 Å². The average molecular weight is 312 g/mol. The fourth-order valence-electron chi connectivity index (χ4n) is 2.19. The van der Waals surface area contributed by atoms with Crippen LogP contribution in [-0.4, -0.2) is 30.1 Å². The Morgan fingerprint density at radius 2 is 1.73 bits per heavy atom. The molecule has 0 amide bonds. The van der Waals surface area contributed by atoms with Crippen molar-refractivity contribution in [3.63, 3.8) is 0 Å². The second-order valence-electron chi connectivity index (χ2n) is 5.71. The van der Waals surface area contributed by atoms with Gasteiger partial charge in [-0.15, -0.1) is 0 Å². The third kappa shape index (κ3) is 13.8. The van der Waals surface area contributed by atoms with Crippen molar-refractivity contribution in [2.45, 2.75) is 83.7 Å². The molecule has 0 aliphatic heterocycles. The highest BCUT2D eigenvalue weighted by atomic mass is 16.5. The van der Waals surface area contributed by atoms with Crippen molar-refractivity contribution < 1.29 is 19.4 Å². The van der Waals surface area contributed by atoms with E-state index < -0.39 is 0 Å². The Kier molecular flexibility index (Phi) is 14.0. The molecule has 0 rings (SSSR count). The molecule has 0 aromatic carbocycles. The first-order valence-corrected chi connectivity index (χ1v) is 8.53. The number of hydrogen-bond donors (Lipinski definition) is 1. The normalized spacial score (nSPS) is 12.5. The Bertz CT molecular complexity index is 323. The lowest BCUT2D eigenvalue weighted by atomic mass is 10.1. The second-order valence-corrected chi connectivity index (χ2v) is 5.71. The van der Waals surface area contributed by atoms with Gasteiger partial charge in [0.25, 0.3) is 0 Å². The van der Waals surface area contributed by atoms with Crippen LogP contribution in [0.1, 0.15) is 77.6 Å². The van der Waals surface area contributed by atoms with Crippen LogP contribution in [0.3, 0.4) is 0 Å². The number of methoxy groups -OCH3 is 1. The summed E-state index contributed by atoms with van der Waals surface area (Å²) in [5.41, 5.74) is 0. The zero-order valence-corrected chi connectivity index (χ0v) is 14.2. The number of hydrogen-bond acceptors (Lipinski definition) is 4. The lowest BCUT2D eigenvalue weighted by molar-refractivity contribution is -0.140. The Hall–Kier alpha value is -1.16. The minimum absolute atomic E-state index is 0.213. The van der Waals surface area contributed by atoms with E-state index in [1.807, 2.05) is 12.2 Å². The van der Waals surface area contributed by atoms with Gasteiger partial charge in [0.05, 0.1) is 13.2 Å². The third-order valence-electron chi connectivity index (χ3n) is 3.60. The van der Waals surface area contributed by atoms with E-state index in [4.69, 9.17) is 0 Å². The number of aliphatic hydroxyl groups excluding tert-OH is 1. The molecule has 4 heteroatoms. The number of aliphatic hydroxyl groups is 1. The van der Waals surface area contributed by atoms with Crippen molar-refractivity contribution in [1.29, 1.82) is 0 Å². The summed E-state index contributed by atoms with van der Waals surface area (Å²) in [6.45, 7) is 2.15. The Morgan fingerprint density at radius 1 is 1.05 bits per heavy atom. The van der Waals surface area contributed by atoms with E-state index in [2.05, 4.69) is 11.7 Å². The van der Waals surface area contributed by atoms with Gasteiger partial charge in [0.15, 0.2) is 0 Å². The predicted molar refractivity (Wildman–Crippen MR) is 88.6 cm³/mol. The number of allylic oxidation sites excluding steroid dienone is 1. The summed E-state index contributed by atoms with van der Waals surface area (Å²) in [5.74, 6) is 0.0387. The fraction of sp³-hybridized carbons (Fsp3) is 0.778. The zero-order chi connectivity index (χ0) is 16.6. The van der Waals surface area contributed by atoms with Gasteiger partial charge < -0.3 is 9.84 Å². The molecule has 0 saturated carbocycles. The van der Waals surface area contributed by atoms with Crippen LogP contribution in [0.15, 0.2) is 12.2 Å². The fourth-order valence-corrected chi connectivity index (χ4v) is 2.19. The molecule has 0 heterocycles. The molecule has 128 valence electrons. The van der Waals surface area contributed by atoms with Crippen LogP contribution in [0.5, 0.6) is 0 Å². The van der Waals surface area contributed by atoms with Gasteiger partial charge in [0.1, 0.15) is 5.78 Å². The number of carbonyl (C=O) groups excluding carboxylic acids is 2. The smallest absolute Gasteiger partial charge is 0.305 e. The number of Topliss-reactive ketones (excluding diaryl/α,β-unsaturated/α-hetero) is 1. The number of ether oxygens (including phenoxy) is 1.